The number of methoxy groups -OCH3 is 2. The average Bonchev–Trinajstić information content (AvgIpc) is 3.44. The standard InChI is InChI=1S/C28H28N6O4S/c1-32(2)39(35,36)34-12-11-30-28(34)19-33(24-15-25(37-3)17-26(16-24)38-4)23-5-6-27-21(14-23)13-22(18-31-27)20-7-9-29-10-8-20/h5-18H,19H2,1-4H3. The molecule has 0 saturated heterocycles. The Hall–Kier alpha value is -4.48. The Morgan fingerprint density at radius 2 is 1.54 bits per heavy atom. The summed E-state index contributed by atoms with van der Waals surface area (Å²) in [5.74, 6) is 1.54. The van der Waals surface area contributed by atoms with Crippen molar-refractivity contribution in [3.05, 3.63) is 91.4 Å². The monoisotopic (exact) mass is 544 g/mol. The number of pyridine rings is 2. The molecule has 5 aromatic rings. The van der Waals surface area contributed by atoms with E-state index in [1.54, 1.807) is 32.7 Å². The van der Waals surface area contributed by atoms with E-state index in [0.29, 0.717) is 17.3 Å². The number of anilines is 2. The normalized spacial score (nSPS) is 11.6. The lowest BCUT2D eigenvalue weighted by atomic mass is 10.1. The van der Waals surface area contributed by atoms with Gasteiger partial charge < -0.3 is 14.4 Å². The van der Waals surface area contributed by atoms with Gasteiger partial charge in [-0.1, -0.05) is 0 Å². The summed E-state index contributed by atoms with van der Waals surface area (Å²) in [6, 6.07) is 17.4. The van der Waals surface area contributed by atoms with Gasteiger partial charge in [0.15, 0.2) is 0 Å². The molecule has 11 heteroatoms. The summed E-state index contributed by atoms with van der Waals surface area (Å²) >= 11 is 0. The first-order chi connectivity index (χ1) is 18.8. The highest BCUT2D eigenvalue weighted by molar-refractivity contribution is 7.87. The van der Waals surface area contributed by atoms with Gasteiger partial charge in [0, 0.05) is 85.6 Å². The van der Waals surface area contributed by atoms with E-state index in [1.807, 2.05) is 53.6 Å². The molecule has 5 rings (SSSR count). The summed E-state index contributed by atoms with van der Waals surface area (Å²) in [5, 5.41) is 0.922. The van der Waals surface area contributed by atoms with Gasteiger partial charge in [-0.15, -0.1) is 0 Å². The lowest BCUT2D eigenvalue weighted by molar-refractivity contribution is 0.394. The minimum Gasteiger partial charge on any atom is -0.497 e. The molecule has 0 saturated carbocycles. The van der Waals surface area contributed by atoms with Crippen LogP contribution in [0.25, 0.3) is 22.0 Å². The van der Waals surface area contributed by atoms with Crippen molar-refractivity contribution in [2.45, 2.75) is 6.54 Å². The molecular weight excluding hydrogens is 516 g/mol. The van der Waals surface area contributed by atoms with Crippen molar-refractivity contribution in [2.75, 3.05) is 33.2 Å². The minimum atomic E-state index is -3.77. The highest BCUT2D eigenvalue weighted by atomic mass is 32.2. The van der Waals surface area contributed by atoms with Crippen molar-refractivity contribution < 1.29 is 17.9 Å². The van der Waals surface area contributed by atoms with Crippen molar-refractivity contribution in [1.29, 1.82) is 0 Å². The molecular formula is C28H28N6O4S. The number of benzene rings is 2. The van der Waals surface area contributed by atoms with E-state index in [9.17, 15) is 8.42 Å². The van der Waals surface area contributed by atoms with Crippen LogP contribution in [0, 0.1) is 0 Å². The largest absolute Gasteiger partial charge is 0.497 e. The molecule has 0 spiro atoms. The van der Waals surface area contributed by atoms with Crippen LogP contribution in [0.5, 0.6) is 11.5 Å². The van der Waals surface area contributed by atoms with Gasteiger partial charge in [0.05, 0.1) is 26.3 Å². The van der Waals surface area contributed by atoms with Gasteiger partial charge in [-0.3, -0.25) is 9.97 Å². The van der Waals surface area contributed by atoms with Crippen LogP contribution in [-0.2, 0) is 16.8 Å². The molecule has 0 bridgehead atoms. The molecule has 0 fully saturated rings. The molecule has 0 N–H and O–H groups in total. The number of hydrogen-bond donors (Lipinski definition) is 0. The summed E-state index contributed by atoms with van der Waals surface area (Å²) < 4.78 is 39.4. The van der Waals surface area contributed by atoms with Crippen LogP contribution in [-0.4, -0.2) is 60.0 Å². The third kappa shape index (κ3) is 5.27. The van der Waals surface area contributed by atoms with Crippen LogP contribution in [0.15, 0.2) is 85.6 Å². The number of nitrogens with zero attached hydrogens (tertiary/aromatic N) is 6. The number of ether oxygens (including phenoxy) is 2. The second-order valence-electron chi connectivity index (χ2n) is 8.92. The molecule has 0 aliphatic rings. The van der Waals surface area contributed by atoms with E-state index < -0.39 is 10.2 Å². The fraction of sp³-hybridized carbons (Fsp3) is 0.179. The number of aromatic nitrogens is 4. The van der Waals surface area contributed by atoms with E-state index in [4.69, 9.17) is 9.47 Å². The van der Waals surface area contributed by atoms with Crippen LogP contribution in [0.1, 0.15) is 5.82 Å². The molecule has 200 valence electrons. The van der Waals surface area contributed by atoms with Crippen molar-refractivity contribution in [2.24, 2.45) is 0 Å². The Labute approximate surface area is 227 Å². The highest BCUT2D eigenvalue weighted by Crippen LogP contribution is 2.36. The van der Waals surface area contributed by atoms with Gasteiger partial charge in [-0.25, -0.2) is 8.96 Å². The van der Waals surface area contributed by atoms with Crippen LogP contribution >= 0.6 is 0 Å². The van der Waals surface area contributed by atoms with E-state index in [1.165, 1.54) is 30.5 Å². The maximum Gasteiger partial charge on any atom is 0.308 e. The lowest BCUT2D eigenvalue weighted by Crippen LogP contribution is -2.31. The van der Waals surface area contributed by atoms with Crippen LogP contribution in [0.2, 0.25) is 0 Å². The first-order valence-electron chi connectivity index (χ1n) is 12.1. The smallest absolute Gasteiger partial charge is 0.308 e. The molecule has 39 heavy (non-hydrogen) atoms. The third-order valence-electron chi connectivity index (χ3n) is 6.33. The zero-order valence-electron chi connectivity index (χ0n) is 22.0. The number of imidazole rings is 1. The Kier molecular flexibility index (Phi) is 7.18. The van der Waals surface area contributed by atoms with Crippen molar-refractivity contribution in [1.82, 2.24) is 23.2 Å². The average molecular weight is 545 g/mol. The van der Waals surface area contributed by atoms with Gasteiger partial charge in [0.2, 0.25) is 0 Å². The fourth-order valence-corrected chi connectivity index (χ4v) is 5.16. The van der Waals surface area contributed by atoms with Gasteiger partial charge in [0.1, 0.15) is 17.3 Å². The van der Waals surface area contributed by atoms with E-state index in [0.717, 1.165) is 37.7 Å². The van der Waals surface area contributed by atoms with Crippen LogP contribution in [0.3, 0.4) is 0 Å². The predicted octanol–water partition coefficient (Wildman–Crippen LogP) is 4.50. The lowest BCUT2D eigenvalue weighted by Gasteiger charge is -2.26. The van der Waals surface area contributed by atoms with Crippen LogP contribution < -0.4 is 14.4 Å². The Balaban J connectivity index is 1.65. The van der Waals surface area contributed by atoms with Gasteiger partial charge in [-0.2, -0.15) is 12.7 Å². The highest BCUT2D eigenvalue weighted by Gasteiger charge is 2.23. The summed E-state index contributed by atoms with van der Waals surface area (Å²) in [7, 11) is 2.37. The molecule has 0 amide bonds. The summed E-state index contributed by atoms with van der Waals surface area (Å²) in [6.45, 7) is 0.152. The second kappa shape index (κ2) is 10.7. The molecule has 2 aromatic carbocycles. The van der Waals surface area contributed by atoms with E-state index >= 15 is 0 Å². The second-order valence-corrected chi connectivity index (χ2v) is 10.9. The molecule has 0 atom stereocenters. The quantitative estimate of drug-likeness (QED) is 0.267. The Morgan fingerprint density at radius 1 is 0.821 bits per heavy atom. The zero-order valence-corrected chi connectivity index (χ0v) is 22.8. The summed E-state index contributed by atoms with van der Waals surface area (Å²) in [4.78, 5) is 15.1. The topological polar surface area (TPSA) is 103 Å². The van der Waals surface area contributed by atoms with Gasteiger partial charge in [-0.05, 0) is 42.0 Å². The molecule has 10 nitrogen and oxygen atoms in total. The number of rotatable bonds is 9. The maximum atomic E-state index is 13.0. The molecule has 3 aromatic heterocycles. The van der Waals surface area contributed by atoms with Crippen molar-refractivity contribution in [3.8, 4) is 22.6 Å². The third-order valence-corrected chi connectivity index (χ3v) is 8.08. The Bertz CT molecular complexity index is 1700. The maximum absolute atomic E-state index is 13.0. The van der Waals surface area contributed by atoms with E-state index in [2.05, 4.69) is 21.0 Å². The van der Waals surface area contributed by atoms with Gasteiger partial charge in [0.25, 0.3) is 0 Å². The summed E-state index contributed by atoms with van der Waals surface area (Å²) in [6.07, 6.45) is 8.26. The number of fused-ring (bicyclic) bond motifs is 1. The zero-order chi connectivity index (χ0) is 27.6. The molecule has 0 aliphatic heterocycles. The van der Waals surface area contributed by atoms with Crippen LogP contribution in [0.4, 0.5) is 11.4 Å². The molecule has 0 aliphatic carbocycles. The van der Waals surface area contributed by atoms with Gasteiger partial charge >= 0.3 is 10.2 Å². The SMILES string of the molecule is COc1cc(OC)cc(N(Cc2nccn2S(=O)(=O)N(C)C)c2ccc3ncc(-c4ccncc4)cc3c2)c1. The predicted molar refractivity (Wildman–Crippen MR) is 151 cm³/mol. The molecule has 0 unspecified atom stereocenters. The molecule has 0 radical (unpaired) electrons. The first kappa shape index (κ1) is 26.1. The number of hydrogen-bond acceptors (Lipinski definition) is 8. The van der Waals surface area contributed by atoms with Crippen molar-refractivity contribution >= 4 is 32.5 Å². The first-order valence-corrected chi connectivity index (χ1v) is 13.5. The summed E-state index contributed by atoms with van der Waals surface area (Å²) in [5.41, 5.74) is 4.35. The Morgan fingerprint density at radius 3 is 2.21 bits per heavy atom. The molecule has 3 heterocycles. The van der Waals surface area contributed by atoms with Crippen molar-refractivity contribution in [3.63, 3.8) is 0 Å². The minimum absolute atomic E-state index is 0.152. The van der Waals surface area contributed by atoms with E-state index in [-0.39, 0.29) is 6.54 Å². The fourth-order valence-electron chi connectivity index (χ4n) is 4.23.